The van der Waals surface area contributed by atoms with E-state index in [0.717, 1.165) is 21.0 Å². The van der Waals surface area contributed by atoms with Gasteiger partial charge in [-0.05, 0) is 24.7 Å². The molecular weight excluding hydrogens is 252 g/mol. The average Bonchev–Trinajstić information content (AvgIpc) is 2.28. The molecule has 0 saturated heterocycles. The molecule has 15 heavy (non-hydrogen) atoms. The molecule has 0 N–H and O–H groups in total. The van der Waals surface area contributed by atoms with Gasteiger partial charge in [0.1, 0.15) is 30.7 Å². The molecule has 0 saturated carbocycles. The molecule has 0 radical (unpaired) electrons. The summed E-state index contributed by atoms with van der Waals surface area (Å²) in [6, 6.07) is 11.7. The van der Waals surface area contributed by atoms with E-state index in [2.05, 4.69) is 37.4 Å². The van der Waals surface area contributed by atoms with Gasteiger partial charge in [-0.2, -0.15) is 0 Å². The van der Waals surface area contributed by atoms with Crippen LogP contribution < -0.4 is 0 Å². The van der Waals surface area contributed by atoms with Crippen molar-refractivity contribution in [1.82, 2.24) is 0 Å². The first-order valence-electron chi connectivity index (χ1n) is 5.26. The molecule has 0 fully saturated rings. The third-order valence-electron chi connectivity index (χ3n) is 1.91. The fourth-order valence-electron chi connectivity index (χ4n) is 0.865. The molecule has 6 heteroatoms. The van der Waals surface area contributed by atoms with Crippen LogP contribution in [0.25, 0.3) is 0 Å². The van der Waals surface area contributed by atoms with Gasteiger partial charge in [0, 0.05) is 0 Å². The summed E-state index contributed by atoms with van der Waals surface area (Å²) in [6.07, 6.45) is 0. The molecule has 0 aromatic heterocycles. The molecule has 0 bridgehead atoms. The summed E-state index contributed by atoms with van der Waals surface area (Å²) < 4.78 is 10.3. The molecule has 1 aromatic rings. The van der Waals surface area contributed by atoms with Crippen LogP contribution in [0, 0.1) is 0 Å². The molecule has 0 heterocycles. The fourth-order valence-corrected chi connectivity index (χ4v) is 2.25. The maximum absolute atomic E-state index is 5.22. The SMILES string of the molecule is C[SiH](C)O[SiH3].[SiH3]O[SiH2]Cc1ccccc1. The summed E-state index contributed by atoms with van der Waals surface area (Å²) >= 11 is 0. The van der Waals surface area contributed by atoms with E-state index in [0.29, 0.717) is 0 Å². The Labute approximate surface area is 103 Å². The minimum atomic E-state index is -0.588. The lowest BCUT2D eigenvalue weighted by Gasteiger charge is -1.97. The number of rotatable bonds is 4. The van der Waals surface area contributed by atoms with Gasteiger partial charge >= 0.3 is 0 Å². The highest BCUT2D eigenvalue weighted by Crippen LogP contribution is 1.97. The predicted molar refractivity (Wildman–Crippen MR) is 79.6 cm³/mol. The Kier molecular flexibility index (Phi) is 10.5. The van der Waals surface area contributed by atoms with Crippen molar-refractivity contribution in [2.24, 2.45) is 0 Å². The Morgan fingerprint density at radius 1 is 1.20 bits per heavy atom. The molecule has 2 nitrogen and oxygen atoms in total. The maximum Gasteiger partial charge on any atom is 0.156 e. The van der Waals surface area contributed by atoms with Gasteiger partial charge in [0.2, 0.25) is 0 Å². The largest absolute Gasteiger partial charge is 0.468 e. The van der Waals surface area contributed by atoms with Crippen LogP contribution in [-0.2, 0) is 14.3 Å². The molecule has 0 atom stereocenters. The Bertz CT molecular complexity index is 231. The van der Waals surface area contributed by atoms with E-state index >= 15 is 0 Å². The van der Waals surface area contributed by atoms with Gasteiger partial charge in [-0.1, -0.05) is 30.3 Å². The first kappa shape index (κ1) is 15.0. The van der Waals surface area contributed by atoms with Crippen LogP contribution in [-0.4, -0.2) is 39.8 Å². The second kappa shape index (κ2) is 10.5. The van der Waals surface area contributed by atoms with Gasteiger partial charge in [0.15, 0.2) is 9.04 Å². The summed E-state index contributed by atoms with van der Waals surface area (Å²) in [5.41, 5.74) is 1.42. The van der Waals surface area contributed by atoms with Crippen LogP contribution in [0.15, 0.2) is 30.3 Å². The standard InChI is InChI=1S/C7H12OSi2.C2H10OSi2/c9-8-10-6-7-4-2-1-3-5-7;1-5(2)3-4/h1-5H,6,10H2,9H3;5H,1-2,4H3. The Balaban J connectivity index is 0.000000336. The summed E-state index contributed by atoms with van der Waals surface area (Å²) in [5.74, 6) is 0. The summed E-state index contributed by atoms with van der Waals surface area (Å²) in [7, 11) is 1.04. The first-order chi connectivity index (χ1) is 7.20. The molecule has 0 spiro atoms. The Morgan fingerprint density at radius 2 is 1.73 bits per heavy atom. The van der Waals surface area contributed by atoms with E-state index in [1.54, 1.807) is 0 Å². The second-order valence-electron chi connectivity index (χ2n) is 3.51. The Morgan fingerprint density at radius 3 is 2.13 bits per heavy atom. The molecule has 1 aromatic carbocycles. The molecule has 0 unspecified atom stereocenters. The van der Waals surface area contributed by atoms with Crippen molar-refractivity contribution in [3.8, 4) is 0 Å². The third-order valence-corrected chi connectivity index (χ3v) is 8.09. The Hall–Kier alpha value is 0.00753. The first-order valence-corrected chi connectivity index (χ1v) is 11.3. The van der Waals surface area contributed by atoms with Crippen LogP contribution in [0.3, 0.4) is 0 Å². The van der Waals surface area contributed by atoms with Crippen LogP contribution in [0.2, 0.25) is 13.1 Å². The minimum Gasteiger partial charge on any atom is -0.468 e. The van der Waals surface area contributed by atoms with Crippen LogP contribution >= 0.6 is 0 Å². The highest BCUT2D eigenvalue weighted by Gasteiger charge is 1.88. The van der Waals surface area contributed by atoms with Crippen molar-refractivity contribution in [3.63, 3.8) is 0 Å². The monoisotopic (exact) mass is 274 g/mol. The van der Waals surface area contributed by atoms with Gasteiger partial charge in [0.05, 0.1) is 0 Å². The van der Waals surface area contributed by atoms with E-state index in [1.807, 2.05) is 6.07 Å². The van der Waals surface area contributed by atoms with Crippen molar-refractivity contribution >= 4 is 39.8 Å². The van der Waals surface area contributed by atoms with Crippen molar-refractivity contribution in [2.45, 2.75) is 19.1 Å². The maximum atomic E-state index is 5.22. The zero-order chi connectivity index (χ0) is 11.5. The molecule has 0 aliphatic carbocycles. The number of benzene rings is 1. The second-order valence-corrected chi connectivity index (χ2v) is 10.7. The third kappa shape index (κ3) is 10.3. The molecule has 0 amide bonds. The van der Waals surface area contributed by atoms with Crippen molar-refractivity contribution < 1.29 is 8.23 Å². The van der Waals surface area contributed by atoms with Crippen LogP contribution in [0.1, 0.15) is 5.56 Å². The van der Waals surface area contributed by atoms with E-state index in [4.69, 9.17) is 8.23 Å². The number of hydrogen-bond acceptors (Lipinski definition) is 2. The molecule has 1 rings (SSSR count). The van der Waals surface area contributed by atoms with Gasteiger partial charge in [-0.25, -0.2) is 0 Å². The van der Waals surface area contributed by atoms with Crippen LogP contribution in [0.5, 0.6) is 0 Å². The minimum absolute atomic E-state index is 0.215. The van der Waals surface area contributed by atoms with E-state index in [-0.39, 0.29) is 9.76 Å². The molecular formula is C9H22O2Si4. The normalized spacial score (nSPS) is 10.9. The van der Waals surface area contributed by atoms with Gasteiger partial charge < -0.3 is 8.23 Å². The van der Waals surface area contributed by atoms with Crippen molar-refractivity contribution in [1.29, 1.82) is 0 Å². The summed E-state index contributed by atoms with van der Waals surface area (Å²) in [6.45, 7) is 4.35. The van der Waals surface area contributed by atoms with E-state index in [1.165, 1.54) is 11.6 Å². The predicted octanol–water partition coefficient (Wildman–Crippen LogP) is -1.17. The zero-order valence-electron chi connectivity index (χ0n) is 10.2. The lowest BCUT2D eigenvalue weighted by Crippen LogP contribution is -2.02. The lowest BCUT2D eigenvalue weighted by molar-refractivity contribution is 0.647. The molecule has 0 aliphatic heterocycles. The van der Waals surface area contributed by atoms with Crippen molar-refractivity contribution in [3.05, 3.63) is 35.9 Å². The van der Waals surface area contributed by atoms with E-state index < -0.39 is 9.04 Å². The van der Waals surface area contributed by atoms with Gasteiger partial charge in [-0.15, -0.1) is 0 Å². The number of hydrogen-bond donors (Lipinski definition) is 0. The molecule has 86 valence electrons. The van der Waals surface area contributed by atoms with Crippen molar-refractivity contribution in [2.75, 3.05) is 0 Å². The average molecular weight is 275 g/mol. The smallest absolute Gasteiger partial charge is 0.156 e. The molecule has 0 aliphatic rings. The highest BCUT2D eigenvalue weighted by molar-refractivity contribution is 6.52. The van der Waals surface area contributed by atoms with Gasteiger partial charge in [0.25, 0.3) is 0 Å². The lowest BCUT2D eigenvalue weighted by atomic mass is 10.2. The van der Waals surface area contributed by atoms with Crippen LogP contribution in [0.4, 0.5) is 0 Å². The van der Waals surface area contributed by atoms with E-state index in [9.17, 15) is 0 Å². The summed E-state index contributed by atoms with van der Waals surface area (Å²) in [5, 5.41) is 0. The highest BCUT2D eigenvalue weighted by atomic mass is 28.3. The summed E-state index contributed by atoms with van der Waals surface area (Å²) in [4.78, 5) is 0. The quantitative estimate of drug-likeness (QED) is 0.645. The van der Waals surface area contributed by atoms with Gasteiger partial charge in [-0.3, -0.25) is 0 Å². The topological polar surface area (TPSA) is 18.5 Å². The zero-order valence-corrected chi connectivity index (χ0v) is 16.8. The fraction of sp³-hybridized carbons (Fsp3) is 0.333.